The van der Waals surface area contributed by atoms with Crippen molar-refractivity contribution in [2.75, 3.05) is 13.7 Å². The van der Waals surface area contributed by atoms with Crippen LogP contribution in [0, 0.1) is 6.92 Å². The highest BCUT2D eigenvalue weighted by molar-refractivity contribution is 5.85. The first-order valence-electron chi connectivity index (χ1n) is 7.15. The standard InChI is InChI=1S/C16H22N2O3.ClH/c1-4-7-20-15-6-5-13(9-16(15)19-3)10-17-11-14-8-12(2)21-18-14;/h5-6,8-9,17H,4,7,10-11H2,1-3H3;1H. The van der Waals surface area contributed by atoms with E-state index in [1.54, 1.807) is 7.11 Å². The predicted octanol–water partition coefficient (Wildman–Crippen LogP) is 3.49. The van der Waals surface area contributed by atoms with Gasteiger partial charge in [-0.2, -0.15) is 0 Å². The van der Waals surface area contributed by atoms with Crippen molar-refractivity contribution in [3.8, 4) is 11.5 Å². The molecule has 1 heterocycles. The summed E-state index contributed by atoms with van der Waals surface area (Å²) in [5, 5.41) is 7.27. The van der Waals surface area contributed by atoms with Crippen molar-refractivity contribution in [2.24, 2.45) is 0 Å². The Kier molecular flexibility index (Phi) is 7.77. The van der Waals surface area contributed by atoms with Crippen LogP contribution in [0.2, 0.25) is 0 Å². The van der Waals surface area contributed by atoms with Gasteiger partial charge in [-0.1, -0.05) is 18.1 Å². The highest BCUT2D eigenvalue weighted by Gasteiger charge is 2.06. The summed E-state index contributed by atoms with van der Waals surface area (Å²) in [5.41, 5.74) is 2.04. The molecule has 0 aliphatic carbocycles. The molecule has 0 spiro atoms. The molecule has 0 aliphatic rings. The SMILES string of the molecule is CCCOc1ccc(CNCc2cc(C)on2)cc1OC.Cl. The van der Waals surface area contributed by atoms with Gasteiger partial charge in [-0.05, 0) is 31.0 Å². The van der Waals surface area contributed by atoms with Crippen LogP contribution in [0.4, 0.5) is 0 Å². The third kappa shape index (κ3) is 5.24. The van der Waals surface area contributed by atoms with E-state index in [1.165, 1.54) is 0 Å². The molecule has 0 amide bonds. The molecule has 1 aromatic heterocycles. The Morgan fingerprint density at radius 2 is 2.00 bits per heavy atom. The first kappa shape index (κ1) is 18.3. The fourth-order valence-corrected chi connectivity index (χ4v) is 1.99. The van der Waals surface area contributed by atoms with E-state index >= 15 is 0 Å². The molecule has 0 fully saturated rings. The van der Waals surface area contributed by atoms with Gasteiger partial charge in [0, 0.05) is 19.2 Å². The van der Waals surface area contributed by atoms with E-state index in [-0.39, 0.29) is 12.4 Å². The Morgan fingerprint density at radius 3 is 2.64 bits per heavy atom. The van der Waals surface area contributed by atoms with E-state index < -0.39 is 0 Å². The zero-order valence-corrected chi connectivity index (χ0v) is 14.0. The van der Waals surface area contributed by atoms with E-state index in [9.17, 15) is 0 Å². The number of methoxy groups -OCH3 is 1. The number of ether oxygens (including phenoxy) is 2. The first-order chi connectivity index (χ1) is 10.2. The van der Waals surface area contributed by atoms with Crippen LogP contribution in [-0.4, -0.2) is 18.9 Å². The van der Waals surface area contributed by atoms with Gasteiger partial charge in [0.2, 0.25) is 0 Å². The van der Waals surface area contributed by atoms with E-state index in [2.05, 4.69) is 17.4 Å². The summed E-state index contributed by atoms with van der Waals surface area (Å²) in [6.45, 7) is 6.07. The lowest BCUT2D eigenvalue weighted by atomic mass is 10.2. The second-order valence-corrected chi connectivity index (χ2v) is 4.87. The summed E-state index contributed by atoms with van der Waals surface area (Å²) < 4.78 is 16.0. The van der Waals surface area contributed by atoms with Crippen LogP contribution in [0.25, 0.3) is 0 Å². The number of hydrogen-bond acceptors (Lipinski definition) is 5. The Balaban J connectivity index is 0.00000242. The Bertz CT molecular complexity index is 572. The molecule has 2 rings (SSSR count). The first-order valence-corrected chi connectivity index (χ1v) is 7.15. The molecule has 2 aromatic rings. The van der Waals surface area contributed by atoms with Gasteiger partial charge in [-0.15, -0.1) is 12.4 Å². The number of halogens is 1. The maximum atomic E-state index is 5.64. The molecule has 22 heavy (non-hydrogen) atoms. The molecule has 0 atom stereocenters. The van der Waals surface area contributed by atoms with Crippen molar-refractivity contribution in [3.05, 3.63) is 41.3 Å². The molecule has 0 saturated heterocycles. The van der Waals surface area contributed by atoms with Crippen LogP contribution in [0.1, 0.15) is 30.4 Å². The minimum absolute atomic E-state index is 0. The largest absolute Gasteiger partial charge is 0.493 e. The van der Waals surface area contributed by atoms with Crippen LogP contribution in [-0.2, 0) is 13.1 Å². The maximum absolute atomic E-state index is 5.64. The van der Waals surface area contributed by atoms with Gasteiger partial charge >= 0.3 is 0 Å². The summed E-state index contributed by atoms with van der Waals surface area (Å²) in [6.07, 6.45) is 0.976. The van der Waals surface area contributed by atoms with Gasteiger partial charge in [0.15, 0.2) is 11.5 Å². The number of rotatable bonds is 8. The molecule has 1 N–H and O–H groups in total. The van der Waals surface area contributed by atoms with Crippen LogP contribution in [0.15, 0.2) is 28.8 Å². The minimum Gasteiger partial charge on any atom is -0.493 e. The normalized spacial score (nSPS) is 10.1. The maximum Gasteiger partial charge on any atom is 0.161 e. The summed E-state index contributed by atoms with van der Waals surface area (Å²) >= 11 is 0. The van der Waals surface area contributed by atoms with Gasteiger partial charge in [-0.3, -0.25) is 0 Å². The predicted molar refractivity (Wildman–Crippen MR) is 87.8 cm³/mol. The van der Waals surface area contributed by atoms with Gasteiger partial charge < -0.3 is 19.3 Å². The monoisotopic (exact) mass is 326 g/mol. The average Bonchev–Trinajstić information content (AvgIpc) is 2.91. The minimum atomic E-state index is 0. The highest BCUT2D eigenvalue weighted by atomic mass is 35.5. The van der Waals surface area contributed by atoms with Crippen molar-refractivity contribution in [1.29, 1.82) is 0 Å². The van der Waals surface area contributed by atoms with Crippen LogP contribution >= 0.6 is 12.4 Å². The van der Waals surface area contributed by atoms with Crippen molar-refractivity contribution in [1.82, 2.24) is 10.5 Å². The van der Waals surface area contributed by atoms with Crippen molar-refractivity contribution in [2.45, 2.75) is 33.4 Å². The second-order valence-electron chi connectivity index (χ2n) is 4.87. The Hall–Kier alpha value is -1.72. The molecule has 0 unspecified atom stereocenters. The van der Waals surface area contributed by atoms with Gasteiger partial charge in [0.1, 0.15) is 5.76 Å². The van der Waals surface area contributed by atoms with Crippen LogP contribution < -0.4 is 14.8 Å². The number of aryl methyl sites for hydroxylation is 1. The molecule has 1 aromatic carbocycles. The second kappa shape index (κ2) is 9.33. The molecular formula is C16H23ClN2O3. The van der Waals surface area contributed by atoms with E-state index in [1.807, 2.05) is 31.2 Å². The lowest BCUT2D eigenvalue weighted by Gasteiger charge is -2.12. The third-order valence-electron chi connectivity index (χ3n) is 3.00. The number of nitrogens with one attached hydrogen (secondary N) is 1. The topological polar surface area (TPSA) is 56.5 Å². The smallest absolute Gasteiger partial charge is 0.161 e. The quantitative estimate of drug-likeness (QED) is 0.804. The molecule has 5 nitrogen and oxygen atoms in total. The summed E-state index contributed by atoms with van der Waals surface area (Å²) in [4.78, 5) is 0. The Morgan fingerprint density at radius 1 is 1.18 bits per heavy atom. The van der Waals surface area contributed by atoms with Crippen molar-refractivity contribution >= 4 is 12.4 Å². The van der Waals surface area contributed by atoms with Crippen molar-refractivity contribution in [3.63, 3.8) is 0 Å². The number of benzene rings is 1. The zero-order valence-electron chi connectivity index (χ0n) is 13.2. The van der Waals surface area contributed by atoms with E-state index in [0.717, 1.165) is 41.5 Å². The van der Waals surface area contributed by atoms with Crippen LogP contribution in [0.3, 0.4) is 0 Å². The molecule has 122 valence electrons. The highest BCUT2D eigenvalue weighted by Crippen LogP contribution is 2.28. The lowest BCUT2D eigenvalue weighted by Crippen LogP contribution is -2.13. The average molecular weight is 327 g/mol. The lowest BCUT2D eigenvalue weighted by molar-refractivity contribution is 0.294. The summed E-state index contributed by atoms with van der Waals surface area (Å²) in [6, 6.07) is 7.90. The zero-order chi connectivity index (χ0) is 15.1. The van der Waals surface area contributed by atoms with Gasteiger partial charge in [-0.25, -0.2) is 0 Å². The summed E-state index contributed by atoms with van der Waals surface area (Å²) in [5.74, 6) is 2.38. The van der Waals surface area contributed by atoms with Crippen molar-refractivity contribution < 1.29 is 14.0 Å². The molecule has 0 saturated carbocycles. The molecule has 6 heteroatoms. The molecule has 0 aliphatic heterocycles. The number of hydrogen-bond donors (Lipinski definition) is 1. The summed E-state index contributed by atoms with van der Waals surface area (Å²) in [7, 11) is 1.66. The van der Waals surface area contributed by atoms with Crippen LogP contribution in [0.5, 0.6) is 11.5 Å². The fraction of sp³-hybridized carbons (Fsp3) is 0.438. The Labute approximate surface area is 137 Å². The molecule has 0 radical (unpaired) electrons. The van der Waals surface area contributed by atoms with Gasteiger partial charge in [0.25, 0.3) is 0 Å². The fourth-order valence-electron chi connectivity index (χ4n) is 1.99. The molecular weight excluding hydrogens is 304 g/mol. The number of aromatic nitrogens is 1. The van der Waals surface area contributed by atoms with E-state index in [4.69, 9.17) is 14.0 Å². The molecule has 0 bridgehead atoms. The van der Waals surface area contributed by atoms with E-state index in [0.29, 0.717) is 13.2 Å². The number of nitrogens with zero attached hydrogens (tertiary/aromatic N) is 1. The van der Waals surface area contributed by atoms with Gasteiger partial charge in [0.05, 0.1) is 19.4 Å². The third-order valence-corrected chi connectivity index (χ3v) is 3.00.